The first-order valence-electron chi connectivity index (χ1n) is 6.17. The summed E-state index contributed by atoms with van der Waals surface area (Å²) in [5, 5.41) is 3.98. The standard InChI is InChI=1S/C11H20N4O2S/c1-4-15(7-9-5-6-9)18(16,17)10-8(2)14(3)13-11(10)12/h9H,4-7H2,1-3H3,(H2,12,13). The maximum Gasteiger partial charge on any atom is 0.248 e. The van der Waals surface area contributed by atoms with Crippen molar-refractivity contribution in [3.8, 4) is 0 Å². The summed E-state index contributed by atoms with van der Waals surface area (Å²) in [5.74, 6) is 0.599. The van der Waals surface area contributed by atoms with E-state index in [2.05, 4.69) is 5.10 Å². The average Bonchev–Trinajstić information content (AvgIpc) is 3.04. The highest BCUT2D eigenvalue weighted by Crippen LogP contribution is 2.33. The molecule has 1 aromatic rings. The van der Waals surface area contributed by atoms with Crippen molar-refractivity contribution in [1.82, 2.24) is 14.1 Å². The van der Waals surface area contributed by atoms with Crippen LogP contribution in [0, 0.1) is 12.8 Å². The van der Waals surface area contributed by atoms with Gasteiger partial charge in [-0.15, -0.1) is 0 Å². The molecule has 1 saturated carbocycles. The van der Waals surface area contributed by atoms with Crippen LogP contribution in [0.15, 0.2) is 4.90 Å². The van der Waals surface area contributed by atoms with Crippen molar-refractivity contribution in [2.24, 2.45) is 13.0 Å². The van der Waals surface area contributed by atoms with Crippen molar-refractivity contribution in [2.75, 3.05) is 18.8 Å². The molecule has 1 aliphatic carbocycles. The lowest BCUT2D eigenvalue weighted by atomic mass is 10.4. The van der Waals surface area contributed by atoms with Gasteiger partial charge in [0, 0.05) is 20.1 Å². The molecule has 0 unspecified atom stereocenters. The lowest BCUT2D eigenvalue weighted by molar-refractivity contribution is 0.412. The molecule has 2 N–H and O–H groups in total. The van der Waals surface area contributed by atoms with Crippen molar-refractivity contribution in [3.05, 3.63) is 5.69 Å². The first-order chi connectivity index (χ1) is 8.37. The van der Waals surface area contributed by atoms with Gasteiger partial charge in [-0.25, -0.2) is 8.42 Å². The highest BCUT2D eigenvalue weighted by molar-refractivity contribution is 7.89. The summed E-state index contributed by atoms with van der Waals surface area (Å²) in [7, 11) is -1.83. The molecule has 0 aliphatic heterocycles. The van der Waals surface area contributed by atoms with Crippen molar-refractivity contribution in [1.29, 1.82) is 0 Å². The van der Waals surface area contributed by atoms with Crippen LogP contribution < -0.4 is 5.73 Å². The number of hydrogen-bond acceptors (Lipinski definition) is 4. The van der Waals surface area contributed by atoms with E-state index in [1.165, 1.54) is 8.99 Å². The summed E-state index contributed by atoms with van der Waals surface area (Å²) in [6.45, 7) is 4.63. The highest BCUT2D eigenvalue weighted by atomic mass is 32.2. The number of nitrogen functional groups attached to an aromatic ring is 1. The zero-order valence-electron chi connectivity index (χ0n) is 11.0. The minimum Gasteiger partial charge on any atom is -0.381 e. The van der Waals surface area contributed by atoms with Gasteiger partial charge in [0.15, 0.2) is 5.82 Å². The van der Waals surface area contributed by atoms with Crippen LogP contribution in [0.3, 0.4) is 0 Å². The number of anilines is 1. The van der Waals surface area contributed by atoms with Gasteiger partial charge >= 0.3 is 0 Å². The minimum absolute atomic E-state index is 0.0873. The molecule has 18 heavy (non-hydrogen) atoms. The second kappa shape index (κ2) is 4.55. The number of nitrogens with two attached hydrogens (primary N) is 1. The Labute approximate surface area is 108 Å². The molecule has 7 heteroatoms. The molecule has 0 saturated heterocycles. The fourth-order valence-corrected chi connectivity index (χ4v) is 3.86. The van der Waals surface area contributed by atoms with Crippen LogP contribution in [0.4, 0.5) is 5.82 Å². The number of hydrogen-bond donors (Lipinski definition) is 1. The first-order valence-corrected chi connectivity index (χ1v) is 7.61. The van der Waals surface area contributed by atoms with Crippen molar-refractivity contribution >= 4 is 15.8 Å². The zero-order chi connectivity index (χ0) is 13.5. The molecular formula is C11H20N4O2S. The van der Waals surface area contributed by atoms with E-state index >= 15 is 0 Å². The smallest absolute Gasteiger partial charge is 0.248 e. The fraction of sp³-hybridized carbons (Fsp3) is 0.727. The molecule has 0 atom stereocenters. The summed E-state index contributed by atoms with van der Waals surface area (Å²) in [6, 6.07) is 0. The van der Waals surface area contributed by atoms with Gasteiger partial charge in [0.2, 0.25) is 10.0 Å². The van der Waals surface area contributed by atoms with E-state index in [1.807, 2.05) is 6.92 Å². The Balaban J connectivity index is 2.38. The third kappa shape index (κ3) is 2.24. The lowest BCUT2D eigenvalue weighted by Crippen LogP contribution is -2.33. The topological polar surface area (TPSA) is 81.2 Å². The first kappa shape index (κ1) is 13.4. The Bertz CT molecular complexity index is 546. The Morgan fingerprint density at radius 3 is 2.50 bits per heavy atom. The summed E-state index contributed by atoms with van der Waals surface area (Å²) in [4.78, 5) is 0.160. The molecular weight excluding hydrogens is 252 g/mol. The molecule has 1 aromatic heterocycles. The minimum atomic E-state index is -3.52. The van der Waals surface area contributed by atoms with Gasteiger partial charge in [0.25, 0.3) is 0 Å². The third-order valence-electron chi connectivity index (χ3n) is 3.41. The Hall–Kier alpha value is -1.08. The fourth-order valence-electron chi connectivity index (χ4n) is 2.05. The van der Waals surface area contributed by atoms with Crippen molar-refractivity contribution < 1.29 is 8.42 Å². The van der Waals surface area contributed by atoms with Crippen molar-refractivity contribution in [3.63, 3.8) is 0 Å². The van der Waals surface area contributed by atoms with Gasteiger partial charge in [-0.05, 0) is 25.7 Å². The Kier molecular flexibility index (Phi) is 3.37. The number of nitrogens with zero attached hydrogens (tertiary/aromatic N) is 3. The maximum absolute atomic E-state index is 12.6. The van der Waals surface area contributed by atoms with Gasteiger partial charge in [-0.1, -0.05) is 6.92 Å². The predicted molar refractivity (Wildman–Crippen MR) is 69.5 cm³/mol. The van der Waals surface area contributed by atoms with E-state index in [0.717, 1.165) is 12.8 Å². The molecule has 102 valence electrons. The van der Waals surface area contributed by atoms with Gasteiger partial charge < -0.3 is 5.73 Å². The van der Waals surface area contributed by atoms with Gasteiger partial charge in [0.1, 0.15) is 4.90 Å². The molecule has 6 nitrogen and oxygen atoms in total. The van der Waals surface area contributed by atoms with Crippen LogP contribution in [0.5, 0.6) is 0 Å². The van der Waals surface area contributed by atoms with Crippen LogP contribution in [0.2, 0.25) is 0 Å². The quantitative estimate of drug-likeness (QED) is 0.857. The van der Waals surface area contributed by atoms with E-state index in [-0.39, 0.29) is 10.7 Å². The monoisotopic (exact) mass is 272 g/mol. The zero-order valence-corrected chi connectivity index (χ0v) is 11.9. The van der Waals surface area contributed by atoms with Crippen LogP contribution in [0.25, 0.3) is 0 Å². The number of rotatable bonds is 5. The molecule has 0 amide bonds. The van der Waals surface area contributed by atoms with Gasteiger partial charge in [-0.2, -0.15) is 9.40 Å². The molecule has 0 spiro atoms. The maximum atomic E-state index is 12.6. The third-order valence-corrected chi connectivity index (χ3v) is 5.52. The molecule has 0 aromatic carbocycles. The SMILES string of the molecule is CCN(CC1CC1)S(=O)(=O)c1c(N)nn(C)c1C. The largest absolute Gasteiger partial charge is 0.381 e. The van der Waals surface area contributed by atoms with Crippen molar-refractivity contribution in [2.45, 2.75) is 31.6 Å². The predicted octanol–water partition coefficient (Wildman–Crippen LogP) is 0.731. The number of aryl methyl sites for hydroxylation is 1. The summed E-state index contributed by atoms with van der Waals surface area (Å²) >= 11 is 0. The second-order valence-electron chi connectivity index (χ2n) is 4.82. The normalized spacial score (nSPS) is 16.4. The molecule has 1 fully saturated rings. The second-order valence-corrected chi connectivity index (χ2v) is 6.70. The summed E-state index contributed by atoms with van der Waals surface area (Å²) < 4.78 is 28.2. The Morgan fingerprint density at radius 1 is 1.50 bits per heavy atom. The molecule has 1 aliphatic rings. The van der Waals surface area contributed by atoms with E-state index in [0.29, 0.717) is 24.7 Å². The van der Waals surface area contributed by atoms with Crippen LogP contribution >= 0.6 is 0 Å². The Morgan fingerprint density at radius 2 is 2.11 bits per heavy atom. The van der Waals surface area contributed by atoms with E-state index in [4.69, 9.17) is 5.73 Å². The average molecular weight is 272 g/mol. The lowest BCUT2D eigenvalue weighted by Gasteiger charge is -2.20. The highest BCUT2D eigenvalue weighted by Gasteiger charge is 2.34. The summed E-state index contributed by atoms with van der Waals surface area (Å²) in [5.41, 5.74) is 6.31. The van der Waals surface area contributed by atoms with Crippen LogP contribution in [0.1, 0.15) is 25.5 Å². The van der Waals surface area contributed by atoms with E-state index in [1.54, 1.807) is 14.0 Å². The van der Waals surface area contributed by atoms with Crippen LogP contribution in [-0.2, 0) is 17.1 Å². The summed E-state index contributed by atoms with van der Waals surface area (Å²) in [6.07, 6.45) is 2.24. The molecule has 0 radical (unpaired) electrons. The molecule has 2 rings (SSSR count). The van der Waals surface area contributed by atoms with E-state index in [9.17, 15) is 8.42 Å². The molecule has 1 heterocycles. The number of aromatic nitrogens is 2. The number of sulfonamides is 1. The van der Waals surface area contributed by atoms with Gasteiger partial charge in [0.05, 0.1) is 5.69 Å². The molecule has 0 bridgehead atoms. The van der Waals surface area contributed by atoms with Gasteiger partial charge in [-0.3, -0.25) is 4.68 Å². The van der Waals surface area contributed by atoms with Crippen LogP contribution in [-0.4, -0.2) is 35.6 Å². The van der Waals surface area contributed by atoms with E-state index < -0.39 is 10.0 Å².